The van der Waals surface area contributed by atoms with E-state index in [0.29, 0.717) is 16.5 Å². The van der Waals surface area contributed by atoms with Crippen LogP contribution in [0.15, 0.2) is 24.3 Å². The molecule has 0 spiro atoms. The summed E-state index contributed by atoms with van der Waals surface area (Å²) in [5.41, 5.74) is 10.1. The third kappa shape index (κ3) is 3.55. The molecule has 7 nitrogen and oxygen atoms in total. The molecule has 8 heteroatoms. The molecular weight excluding hydrogens is 446 g/mol. The number of thiophene rings is 1. The van der Waals surface area contributed by atoms with Crippen LogP contribution in [0, 0.1) is 12.8 Å². The lowest BCUT2D eigenvalue weighted by Crippen LogP contribution is -2.39. The molecule has 3 aliphatic rings. The number of hydrogen-bond donors (Lipinski definition) is 2. The first-order valence-electron chi connectivity index (χ1n) is 12.2. The largest absolute Gasteiger partial charge is 0.397 e. The second-order valence-electron chi connectivity index (χ2n) is 10.1. The molecule has 0 bridgehead atoms. The Bertz CT molecular complexity index is 1270. The maximum Gasteiger partial charge on any atom is 0.263 e. The fourth-order valence-electron chi connectivity index (χ4n) is 6.15. The van der Waals surface area contributed by atoms with Gasteiger partial charge in [-0.15, -0.1) is 11.3 Å². The third-order valence-electron chi connectivity index (χ3n) is 8.05. The number of aryl methyl sites for hydroxylation is 2. The van der Waals surface area contributed by atoms with Gasteiger partial charge < -0.3 is 20.7 Å². The number of ether oxygens (including phenoxy) is 1. The second kappa shape index (κ2) is 8.20. The Morgan fingerprint density at radius 3 is 2.97 bits per heavy atom. The molecule has 1 saturated carbocycles. The maximum atomic E-state index is 13.0. The van der Waals surface area contributed by atoms with Crippen molar-refractivity contribution < 1.29 is 9.53 Å². The molecule has 6 rings (SSSR count). The minimum absolute atomic E-state index is 0.00954. The number of methoxy groups -OCH3 is 1. The van der Waals surface area contributed by atoms with E-state index < -0.39 is 0 Å². The lowest BCUT2D eigenvalue weighted by Gasteiger charge is -2.28. The highest BCUT2D eigenvalue weighted by atomic mass is 32.1. The molecule has 3 aromatic heterocycles. The Kier molecular flexibility index (Phi) is 5.26. The van der Waals surface area contributed by atoms with Crippen LogP contribution < -0.4 is 16.0 Å². The molecule has 178 valence electrons. The number of nitrogens with two attached hydrogens (primary N) is 1. The molecule has 3 aromatic rings. The first-order chi connectivity index (χ1) is 16.5. The minimum atomic E-state index is -0.107. The summed E-state index contributed by atoms with van der Waals surface area (Å²) in [7, 11) is 1.86. The van der Waals surface area contributed by atoms with Crippen molar-refractivity contribution >= 4 is 39.0 Å². The Hall–Kier alpha value is -2.71. The van der Waals surface area contributed by atoms with Crippen molar-refractivity contribution in [3.05, 3.63) is 46.1 Å². The number of fused-ring (bicyclic) bond motifs is 3. The van der Waals surface area contributed by atoms with Gasteiger partial charge in [0.25, 0.3) is 5.91 Å². The predicted molar refractivity (Wildman–Crippen MR) is 136 cm³/mol. The van der Waals surface area contributed by atoms with Gasteiger partial charge in [-0.3, -0.25) is 4.79 Å². The zero-order chi connectivity index (χ0) is 23.4. The highest BCUT2D eigenvalue weighted by molar-refractivity contribution is 7.21. The van der Waals surface area contributed by atoms with Gasteiger partial charge in [0, 0.05) is 48.9 Å². The predicted octanol–water partition coefficient (Wildman–Crippen LogP) is 3.87. The lowest BCUT2D eigenvalue weighted by atomic mass is 9.91. The fourth-order valence-corrected chi connectivity index (χ4v) is 7.19. The molecule has 0 unspecified atom stereocenters. The van der Waals surface area contributed by atoms with Gasteiger partial charge in [0.2, 0.25) is 0 Å². The van der Waals surface area contributed by atoms with Crippen molar-refractivity contribution in [3.63, 3.8) is 0 Å². The monoisotopic (exact) mass is 477 g/mol. The second-order valence-corrected chi connectivity index (χ2v) is 11.1. The van der Waals surface area contributed by atoms with Crippen LogP contribution in [-0.4, -0.2) is 47.7 Å². The summed E-state index contributed by atoms with van der Waals surface area (Å²) in [5, 5.41) is 4.06. The van der Waals surface area contributed by atoms with E-state index in [1.54, 1.807) is 0 Å². The summed E-state index contributed by atoms with van der Waals surface area (Å²) >= 11 is 1.37. The number of anilines is 2. The lowest BCUT2D eigenvalue weighted by molar-refractivity contribution is -0.0108. The number of nitrogens with zero attached hydrogens (tertiary/aromatic N) is 3. The molecule has 3 N–H and O–H groups in total. The van der Waals surface area contributed by atoms with Crippen molar-refractivity contribution in [2.75, 3.05) is 30.8 Å². The van der Waals surface area contributed by atoms with Gasteiger partial charge in [-0.05, 0) is 62.8 Å². The molecule has 34 heavy (non-hydrogen) atoms. The standard InChI is InChI=1S/C26H31N5O2S/c1-15-5-8-19-22(27)23(34-25(19)28-15)24(32)29-18-7-9-20-16(12-18)6-10-21(30-20)31-13-17-4-3-11-26(17,14-31)33-2/h5-6,8,10,17-18H,3-4,7,9,11-14,27H2,1-2H3,(H,29,32)/t17-,18-,26+/m0/s1. The van der Waals surface area contributed by atoms with E-state index >= 15 is 0 Å². The van der Waals surface area contributed by atoms with Crippen molar-refractivity contribution in [1.82, 2.24) is 15.3 Å². The normalized spacial score (nSPS) is 26.0. The number of carbonyl (C=O) groups is 1. The maximum absolute atomic E-state index is 13.0. The number of carbonyl (C=O) groups excluding carboxylic acids is 1. The molecule has 1 aliphatic heterocycles. The highest BCUT2D eigenvalue weighted by Crippen LogP contribution is 2.45. The SMILES string of the molecule is CO[C@@]12CCC[C@H]1CN(c1ccc3c(n1)CC[C@H](NC(=O)c1sc4nc(C)ccc4c1N)C3)C2. The van der Waals surface area contributed by atoms with Crippen LogP contribution in [0.1, 0.15) is 52.3 Å². The number of nitrogens with one attached hydrogen (secondary N) is 1. The number of nitrogen functional groups attached to an aromatic ring is 1. The van der Waals surface area contributed by atoms with Crippen LogP contribution >= 0.6 is 11.3 Å². The van der Waals surface area contributed by atoms with Crippen molar-refractivity contribution in [2.24, 2.45) is 5.92 Å². The molecule has 2 aliphatic carbocycles. The number of hydrogen-bond acceptors (Lipinski definition) is 7. The summed E-state index contributed by atoms with van der Waals surface area (Å²) < 4.78 is 5.99. The van der Waals surface area contributed by atoms with Crippen molar-refractivity contribution in [3.8, 4) is 0 Å². The fraction of sp³-hybridized carbons (Fsp3) is 0.500. The van der Waals surface area contributed by atoms with Gasteiger partial charge >= 0.3 is 0 Å². The van der Waals surface area contributed by atoms with Gasteiger partial charge in [0.05, 0.1) is 11.3 Å². The van der Waals surface area contributed by atoms with E-state index in [-0.39, 0.29) is 17.6 Å². The summed E-state index contributed by atoms with van der Waals surface area (Å²) in [5.74, 6) is 1.56. The van der Waals surface area contributed by atoms with E-state index in [0.717, 1.165) is 66.2 Å². The molecule has 1 amide bonds. The summed E-state index contributed by atoms with van der Waals surface area (Å²) in [6, 6.07) is 8.29. The van der Waals surface area contributed by atoms with E-state index in [4.69, 9.17) is 15.5 Å². The zero-order valence-electron chi connectivity index (χ0n) is 19.8. The minimum Gasteiger partial charge on any atom is -0.397 e. The van der Waals surface area contributed by atoms with Crippen LogP contribution in [0.2, 0.25) is 0 Å². The number of pyridine rings is 2. The number of rotatable bonds is 4. The van der Waals surface area contributed by atoms with E-state index in [2.05, 4.69) is 27.3 Å². The Balaban J connectivity index is 1.15. The van der Waals surface area contributed by atoms with Crippen LogP contribution in [0.25, 0.3) is 10.2 Å². The van der Waals surface area contributed by atoms with Gasteiger partial charge in [-0.25, -0.2) is 9.97 Å². The number of aromatic nitrogens is 2. The molecule has 2 fully saturated rings. The molecule has 4 heterocycles. The van der Waals surface area contributed by atoms with Crippen LogP contribution in [0.4, 0.5) is 11.5 Å². The van der Waals surface area contributed by atoms with E-state index in [1.807, 2.05) is 26.2 Å². The first kappa shape index (κ1) is 21.8. The van der Waals surface area contributed by atoms with E-state index in [9.17, 15) is 4.79 Å². The highest BCUT2D eigenvalue weighted by Gasteiger charge is 2.50. The smallest absolute Gasteiger partial charge is 0.263 e. The Morgan fingerprint density at radius 2 is 2.15 bits per heavy atom. The quantitative estimate of drug-likeness (QED) is 0.593. The van der Waals surface area contributed by atoms with Gasteiger partial charge in [-0.2, -0.15) is 0 Å². The average molecular weight is 478 g/mol. The number of amides is 1. The molecule has 3 atom stereocenters. The third-order valence-corrected chi connectivity index (χ3v) is 9.16. The average Bonchev–Trinajstić information content (AvgIpc) is 3.49. The van der Waals surface area contributed by atoms with Gasteiger partial charge in [-0.1, -0.05) is 12.5 Å². The molecule has 1 saturated heterocycles. The van der Waals surface area contributed by atoms with Crippen molar-refractivity contribution in [2.45, 2.75) is 57.1 Å². The van der Waals surface area contributed by atoms with Crippen LogP contribution in [-0.2, 0) is 17.6 Å². The molecule has 0 radical (unpaired) electrons. The van der Waals surface area contributed by atoms with Crippen LogP contribution in [0.3, 0.4) is 0 Å². The summed E-state index contributed by atoms with van der Waals surface area (Å²) in [4.78, 5) is 26.4. The molecular formula is C26H31N5O2S. The first-order valence-corrected chi connectivity index (χ1v) is 13.0. The van der Waals surface area contributed by atoms with Crippen LogP contribution in [0.5, 0.6) is 0 Å². The molecule has 0 aromatic carbocycles. The zero-order valence-corrected chi connectivity index (χ0v) is 20.6. The Morgan fingerprint density at radius 1 is 1.26 bits per heavy atom. The summed E-state index contributed by atoms with van der Waals surface area (Å²) in [6.07, 6.45) is 6.20. The van der Waals surface area contributed by atoms with Gasteiger partial charge in [0.1, 0.15) is 15.5 Å². The van der Waals surface area contributed by atoms with Crippen molar-refractivity contribution in [1.29, 1.82) is 0 Å². The van der Waals surface area contributed by atoms with E-state index in [1.165, 1.54) is 29.7 Å². The topological polar surface area (TPSA) is 93.4 Å². The summed E-state index contributed by atoms with van der Waals surface area (Å²) in [6.45, 7) is 3.91. The Labute approximate surface area is 203 Å². The van der Waals surface area contributed by atoms with Gasteiger partial charge in [0.15, 0.2) is 0 Å².